The molecule has 0 aliphatic carbocycles. The van der Waals surface area contributed by atoms with Crippen molar-refractivity contribution in [1.29, 1.82) is 0 Å². The number of aliphatic hydroxyl groups is 1. The van der Waals surface area contributed by atoms with Gasteiger partial charge in [0.25, 0.3) is 0 Å². The molecule has 2 atom stereocenters. The van der Waals surface area contributed by atoms with Crippen molar-refractivity contribution in [2.75, 3.05) is 7.11 Å². The zero-order valence-electron chi connectivity index (χ0n) is 12.1. The van der Waals surface area contributed by atoms with Gasteiger partial charge in [0.1, 0.15) is 11.5 Å². The summed E-state index contributed by atoms with van der Waals surface area (Å²) in [5.41, 5.74) is 1.94. The van der Waals surface area contributed by atoms with Crippen LogP contribution in [0.25, 0.3) is 0 Å². The molecule has 1 N–H and O–H groups in total. The Bertz CT molecular complexity index is 668. The maximum Gasteiger partial charge on any atom is 0.513 e. The summed E-state index contributed by atoms with van der Waals surface area (Å²) in [7, 11) is 1.26. The Hall–Kier alpha value is -2.53. The molecule has 5 heteroatoms. The van der Waals surface area contributed by atoms with Crippen molar-refractivity contribution in [2.24, 2.45) is 0 Å². The molecule has 114 valence electrons. The lowest BCUT2D eigenvalue weighted by molar-refractivity contribution is -0.0360. The Morgan fingerprint density at radius 3 is 2.73 bits per heavy atom. The van der Waals surface area contributed by atoms with Gasteiger partial charge in [0.15, 0.2) is 6.29 Å². The first kappa shape index (κ1) is 14.4. The molecule has 0 amide bonds. The van der Waals surface area contributed by atoms with Crippen LogP contribution < -0.4 is 9.47 Å². The average Bonchev–Trinajstić information content (AvgIpc) is 2.55. The number of benzene rings is 2. The van der Waals surface area contributed by atoms with Gasteiger partial charge in [-0.1, -0.05) is 30.3 Å². The van der Waals surface area contributed by atoms with Gasteiger partial charge in [-0.3, -0.25) is 0 Å². The zero-order valence-corrected chi connectivity index (χ0v) is 12.1. The number of aliphatic hydroxyl groups excluding tert-OH is 1. The van der Waals surface area contributed by atoms with Gasteiger partial charge in [0.05, 0.1) is 7.11 Å². The van der Waals surface area contributed by atoms with Gasteiger partial charge >= 0.3 is 6.16 Å². The minimum atomic E-state index is -0.856. The van der Waals surface area contributed by atoms with E-state index >= 15 is 0 Å². The van der Waals surface area contributed by atoms with E-state index in [2.05, 4.69) is 4.74 Å². The van der Waals surface area contributed by atoms with Gasteiger partial charge in [-0.15, -0.1) is 0 Å². The minimum Gasteiger partial charge on any atom is -0.465 e. The molecule has 2 aromatic rings. The molecule has 3 rings (SSSR count). The topological polar surface area (TPSA) is 65.0 Å². The maximum atomic E-state index is 11.2. The molecule has 0 fully saturated rings. The van der Waals surface area contributed by atoms with Gasteiger partial charge in [0.2, 0.25) is 0 Å². The van der Waals surface area contributed by atoms with E-state index in [-0.39, 0.29) is 5.92 Å². The van der Waals surface area contributed by atoms with Gasteiger partial charge in [0, 0.05) is 17.9 Å². The van der Waals surface area contributed by atoms with E-state index in [1.54, 1.807) is 18.2 Å². The van der Waals surface area contributed by atoms with Crippen LogP contribution in [0.2, 0.25) is 0 Å². The lowest BCUT2D eigenvalue weighted by Gasteiger charge is -2.30. The van der Waals surface area contributed by atoms with Crippen molar-refractivity contribution in [3.8, 4) is 11.5 Å². The minimum absolute atomic E-state index is 0.0267. The molecule has 22 heavy (non-hydrogen) atoms. The van der Waals surface area contributed by atoms with Gasteiger partial charge < -0.3 is 19.3 Å². The van der Waals surface area contributed by atoms with Crippen molar-refractivity contribution < 1.29 is 24.1 Å². The van der Waals surface area contributed by atoms with Crippen LogP contribution in [0.4, 0.5) is 4.79 Å². The fourth-order valence-corrected chi connectivity index (χ4v) is 2.63. The molecular weight excluding hydrogens is 284 g/mol. The standard InChI is InChI=1S/C17H16O5/c1-20-17(19)21-12-7-8-15-14(9-12)13(10-16(18)22-15)11-5-3-2-4-6-11/h2-9,13,16,18H,10H2,1H3/t13-,16+/m0/s1. The van der Waals surface area contributed by atoms with Crippen LogP contribution in [0.5, 0.6) is 11.5 Å². The third-order valence-corrected chi connectivity index (χ3v) is 3.63. The van der Waals surface area contributed by atoms with Crippen molar-refractivity contribution in [1.82, 2.24) is 0 Å². The Kier molecular flexibility index (Phi) is 3.98. The number of hydrogen-bond donors (Lipinski definition) is 1. The Balaban J connectivity index is 1.98. The molecule has 0 radical (unpaired) electrons. The number of carbonyl (C=O) groups excluding carboxylic acids is 1. The largest absolute Gasteiger partial charge is 0.513 e. The van der Waals surface area contributed by atoms with Crippen LogP contribution in [-0.2, 0) is 4.74 Å². The van der Waals surface area contributed by atoms with Crippen molar-refractivity contribution in [3.05, 3.63) is 59.7 Å². The number of rotatable bonds is 2. The van der Waals surface area contributed by atoms with Crippen LogP contribution in [0.15, 0.2) is 48.5 Å². The number of ether oxygens (including phenoxy) is 3. The highest BCUT2D eigenvalue weighted by Crippen LogP contribution is 2.41. The molecule has 1 aliphatic heterocycles. The van der Waals surface area contributed by atoms with E-state index in [1.165, 1.54) is 7.11 Å². The lowest BCUT2D eigenvalue weighted by atomic mass is 9.86. The molecule has 0 unspecified atom stereocenters. The van der Waals surface area contributed by atoms with Crippen LogP contribution in [0.1, 0.15) is 23.5 Å². The predicted octanol–water partition coefficient (Wildman–Crippen LogP) is 3.06. The summed E-state index contributed by atoms with van der Waals surface area (Å²) >= 11 is 0. The summed E-state index contributed by atoms with van der Waals surface area (Å²) in [5, 5.41) is 9.91. The number of hydrogen-bond acceptors (Lipinski definition) is 5. The molecule has 0 aromatic heterocycles. The molecule has 2 aromatic carbocycles. The normalized spacial score (nSPS) is 19.7. The third kappa shape index (κ3) is 2.89. The highest BCUT2D eigenvalue weighted by Gasteiger charge is 2.29. The molecule has 0 bridgehead atoms. The van der Waals surface area contributed by atoms with Crippen LogP contribution in [0.3, 0.4) is 0 Å². The van der Waals surface area contributed by atoms with Crippen molar-refractivity contribution in [3.63, 3.8) is 0 Å². The fraction of sp³-hybridized carbons (Fsp3) is 0.235. The molecule has 5 nitrogen and oxygen atoms in total. The third-order valence-electron chi connectivity index (χ3n) is 3.63. The second-order valence-electron chi connectivity index (χ2n) is 5.03. The van der Waals surface area contributed by atoms with Crippen LogP contribution in [0, 0.1) is 0 Å². The Morgan fingerprint density at radius 2 is 2.00 bits per heavy atom. The molecule has 0 saturated carbocycles. The second-order valence-corrected chi connectivity index (χ2v) is 5.03. The Morgan fingerprint density at radius 1 is 1.23 bits per heavy atom. The summed E-state index contributed by atoms with van der Waals surface area (Å²) in [6.07, 6.45) is -1.18. The maximum absolute atomic E-state index is 11.2. The van der Waals surface area contributed by atoms with Crippen LogP contribution >= 0.6 is 0 Å². The smallest absolute Gasteiger partial charge is 0.465 e. The summed E-state index contributed by atoms with van der Waals surface area (Å²) in [5.74, 6) is 0.942. The highest BCUT2D eigenvalue weighted by molar-refractivity contribution is 5.64. The van der Waals surface area contributed by atoms with E-state index < -0.39 is 12.4 Å². The molecular formula is C17H16O5. The molecule has 1 aliphatic rings. The summed E-state index contributed by atoms with van der Waals surface area (Å²) in [4.78, 5) is 11.2. The lowest BCUT2D eigenvalue weighted by Crippen LogP contribution is -2.25. The Labute approximate surface area is 128 Å². The number of methoxy groups -OCH3 is 1. The van der Waals surface area contributed by atoms with Crippen LogP contribution in [-0.4, -0.2) is 24.7 Å². The van der Waals surface area contributed by atoms with Gasteiger partial charge in [-0.05, 0) is 23.8 Å². The quantitative estimate of drug-likeness (QED) is 0.682. The molecule has 1 heterocycles. The van der Waals surface area contributed by atoms with Gasteiger partial charge in [-0.2, -0.15) is 0 Å². The number of fused-ring (bicyclic) bond motifs is 1. The SMILES string of the molecule is COC(=O)Oc1ccc2c(c1)[C@H](c1ccccc1)C[C@H](O)O2. The van der Waals surface area contributed by atoms with E-state index in [0.29, 0.717) is 17.9 Å². The second kappa shape index (κ2) is 6.07. The van der Waals surface area contributed by atoms with E-state index in [9.17, 15) is 9.90 Å². The monoisotopic (exact) mass is 300 g/mol. The average molecular weight is 300 g/mol. The van der Waals surface area contributed by atoms with Crippen molar-refractivity contribution >= 4 is 6.16 Å². The number of carbonyl (C=O) groups is 1. The first-order chi connectivity index (χ1) is 10.7. The van der Waals surface area contributed by atoms with E-state index in [0.717, 1.165) is 11.1 Å². The highest BCUT2D eigenvalue weighted by atomic mass is 16.7. The van der Waals surface area contributed by atoms with Gasteiger partial charge in [-0.25, -0.2) is 4.79 Å². The predicted molar refractivity (Wildman–Crippen MR) is 79.0 cm³/mol. The molecule has 0 saturated heterocycles. The first-order valence-electron chi connectivity index (χ1n) is 6.97. The van der Waals surface area contributed by atoms with E-state index in [4.69, 9.17) is 9.47 Å². The summed E-state index contributed by atoms with van der Waals surface area (Å²) in [6.45, 7) is 0. The van der Waals surface area contributed by atoms with E-state index in [1.807, 2.05) is 30.3 Å². The first-order valence-corrected chi connectivity index (χ1v) is 6.97. The zero-order chi connectivity index (χ0) is 15.5. The van der Waals surface area contributed by atoms with Crippen molar-refractivity contribution in [2.45, 2.75) is 18.6 Å². The summed E-state index contributed by atoms with van der Waals surface area (Å²) < 4.78 is 15.0. The molecule has 0 spiro atoms. The summed E-state index contributed by atoms with van der Waals surface area (Å²) in [6, 6.07) is 14.9. The fourth-order valence-electron chi connectivity index (χ4n) is 2.63.